The second-order valence-electron chi connectivity index (χ2n) is 8.65. The number of carboxylic acids is 1. The van der Waals surface area contributed by atoms with Crippen LogP contribution in [0.2, 0.25) is 0 Å². The van der Waals surface area contributed by atoms with E-state index in [9.17, 15) is 39.0 Å². The van der Waals surface area contributed by atoms with Gasteiger partial charge in [0.25, 0.3) is 0 Å². The first-order valence-electron chi connectivity index (χ1n) is 11.5. The Balaban J connectivity index is 3.01. The van der Waals surface area contributed by atoms with E-state index in [1.807, 2.05) is 0 Å². The van der Waals surface area contributed by atoms with E-state index in [0.29, 0.717) is 12.0 Å². The van der Waals surface area contributed by atoms with Gasteiger partial charge >= 0.3 is 5.97 Å². The third kappa shape index (κ3) is 10.5. The van der Waals surface area contributed by atoms with Crippen molar-refractivity contribution in [1.82, 2.24) is 16.0 Å². The fraction of sp³-hybridized carbons (Fsp3) is 0.478. The molecule has 5 amide bonds. The van der Waals surface area contributed by atoms with E-state index >= 15 is 0 Å². The minimum Gasteiger partial charge on any atom is -0.508 e. The number of benzene rings is 1. The summed E-state index contributed by atoms with van der Waals surface area (Å²) in [7, 11) is 0. The summed E-state index contributed by atoms with van der Waals surface area (Å²) in [4.78, 5) is 72.5. The van der Waals surface area contributed by atoms with Crippen molar-refractivity contribution in [2.24, 2.45) is 23.1 Å². The third-order valence-electron chi connectivity index (χ3n) is 5.58. The van der Waals surface area contributed by atoms with Gasteiger partial charge in [0.1, 0.15) is 23.9 Å². The molecule has 14 heteroatoms. The molecule has 0 saturated carbocycles. The van der Waals surface area contributed by atoms with Crippen molar-refractivity contribution >= 4 is 35.5 Å². The zero-order valence-corrected chi connectivity index (χ0v) is 20.6. The molecule has 11 N–H and O–H groups in total. The zero-order valence-electron chi connectivity index (χ0n) is 20.6. The molecule has 0 radical (unpaired) electrons. The summed E-state index contributed by atoms with van der Waals surface area (Å²) in [5, 5.41) is 25.6. The number of hydrogen-bond acceptors (Lipinski definition) is 8. The Kier molecular flexibility index (Phi) is 12.0. The monoisotopic (exact) mass is 522 g/mol. The molecule has 0 aliphatic carbocycles. The van der Waals surface area contributed by atoms with E-state index in [-0.39, 0.29) is 12.2 Å². The number of carbonyl (C=O) groups is 6. The van der Waals surface area contributed by atoms with E-state index in [1.54, 1.807) is 26.0 Å². The van der Waals surface area contributed by atoms with Gasteiger partial charge in [-0.3, -0.25) is 24.0 Å². The molecule has 0 bridgehead atoms. The molecule has 0 aliphatic heterocycles. The summed E-state index contributed by atoms with van der Waals surface area (Å²) in [6.45, 7) is 3.34. The second-order valence-corrected chi connectivity index (χ2v) is 8.65. The number of nitrogens with two attached hydrogens (primary N) is 3. The number of carboxylic acid groups (broad SMARTS) is 1. The highest BCUT2D eigenvalue weighted by molar-refractivity contribution is 5.96. The van der Waals surface area contributed by atoms with Gasteiger partial charge in [-0.1, -0.05) is 32.4 Å². The molecule has 5 atom stereocenters. The van der Waals surface area contributed by atoms with Crippen LogP contribution in [-0.2, 0) is 35.2 Å². The lowest BCUT2D eigenvalue weighted by Crippen LogP contribution is -2.59. The van der Waals surface area contributed by atoms with Crippen LogP contribution in [-0.4, -0.2) is 69.9 Å². The molecule has 1 rings (SSSR count). The molecule has 1 aromatic rings. The molecule has 0 aromatic heterocycles. The first-order valence-corrected chi connectivity index (χ1v) is 11.5. The van der Waals surface area contributed by atoms with Crippen LogP contribution in [0, 0.1) is 5.92 Å². The first kappa shape index (κ1) is 30.8. The lowest BCUT2D eigenvalue weighted by Gasteiger charge is -2.27. The van der Waals surface area contributed by atoms with E-state index in [0.717, 1.165) is 0 Å². The smallest absolute Gasteiger partial charge is 0.326 e. The van der Waals surface area contributed by atoms with Gasteiger partial charge < -0.3 is 43.4 Å². The highest BCUT2D eigenvalue weighted by Gasteiger charge is 2.33. The van der Waals surface area contributed by atoms with E-state index < -0.39 is 78.4 Å². The van der Waals surface area contributed by atoms with Crippen molar-refractivity contribution in [2.45, 2.75) is 63.7 Å². The van der Waals surface area contributed by atoms with Gasteiger partial charge in [-0.15, -0.1) is 0 Å². The van der Waals surface area contributed by atoms with Gasteiger partial charge in [-0.05, 0) is 30.0 Å². The van der Waals surface area contributed by atoms with Crippen LogP contribution in [0.15, 0.2) is 24.3 Å². The summed E-state index contributed by atoms with van der Waals surface area (Å²) in [5.41, 5.74) is 16.8. The molecular weight excluding hydrogens is 488 g/mol. The van der Waals surface area contributed by atoms with Crippen LogP contribution in [0.4, 0.5) is 0 Å². The summed E-state index contributed by atoms with van der Waals surface area (Å²) in [6.07, 6.45) is -0.819. The van der Waals surface area contributed by atoms with E-state index in [2.05, 4.69) is 16.0 Å². The van der Waals surface area contributed by atoms with Crippen molar-refractivity contribution in [3.05, 3.63) is 29.8 Å². The average Bonchev–Trinajstić information content (AvgIpc) is 2.81. The molecule has 0 fully saturated rings. The van der Waals surface area contributed by atoms with Gasteiger partial charge in [0, 0.05) is 0 Å². The van der Waals surface area contributed by atoms with E-state index in [1.165, 1.54) is 12.1 Å². The fourth-order valence-electron chi connectivity index (χ4n) is 3.29. The lowest BCUT2D eigenvalue weighted by molar-refractivity contribution is -0.144. The number of phenols is 1. The van der Waals surface area contributed by atoms with Crippen molar-refractivity contribution in [1.29, 1.82) is 0 Å². The van der Waals surface area contributed by atoms with Crippen molar-refractivity contribution < 1.29 is 39.0 Å². The topological polar surface area (TPSA) is 257 Å². The highest BCUT2D eigenvalue weighted by Crippen LogP contribution is 2.12. The van der Waals surface area contributed by atoms with E-state index in [4.69, 9.17) is 17.2 Å². The standard InChI is InChI=1S/C23H34N6O8/c1-3-11(2)19(22(35)28-16(23(36)37)10-18(26)32)29-21(34)15(9-17(25)31)27-20(33)14(24)8-12-4-6-13(30)7-5-12/h4-7,11,14-16,19,30H,3,8-10,24H2,1-2H3,(H2,25,31)(H2,26,32)(H,27,33)(H,28,35)(H,29,34)(H,36,37). The molecule has 0 aliphatic rings. The number of primary amides is 2. The quantitative estimate of drug-likeness (QED) is 0.122. The maximum atomic E-state index is 13.0. The Morgan fingerprint density at radius 1 is 0.838 bits per heavy atom. The molecule has 37 heavy (non-hydrogen) atoms. The lowest BCUT2D eigenvalue weighted by atomic mass is 9.97. The van der Waals surface area contributed by atoms with Crippen molar-refractivity contribution in [3.8, 4) is 5.75 Å². The Hall–Kier alpha value is -4.20. The van der Waals surface area contributed by atoms with Crippen molar-refractivity contribution in [3.63, 3.8) is 0 Å². The molecule has 1 aromatic carbocycles. The number of amides is 5. The van der Waals surface area contributed by atoms with Crippen molar-refractivity contribution in [2.75, 3.05) is 0 Å². The molecule has 0 heterocycles. The summed E-state index contributed by atoms with van der Waals surface area (Å²) < 4.78 is 0. The van der Waals surface area contributed by atoms with Gasteiger partial charge in [0.15, 0.2) is 0 Å². The minimum atomic E-state index is -1.62. The largest absolute Gasteiger partial charge is 0.508 e. The molecule has 204 valence electrons. The highest BCUT2D eigenvalue weighted by atomic mass is 16.4. The van der Waals surface area contributed by atoms with Gasteiger partial charge in [-0.2, -0.15) is 0 Å². The number of phenolic OH excluding ortho intramolecular Hbond substituents is 1. The summed E-state index contributed by atoms with van der Waals surface area (Å²) in [6, 6.07) is 0.478. The van der Waals surface area contributed by atoms with Crippen LogP contribution in [0.1, 0.15) is 38.7 Å². The van der Waals surface area contributed by atoms with Crippen LogP contribution >= 0.6 is 0 Å². The number of nitrogens with one attached hydrogen (secondary N) is 3. The van der Waals surface area contributed by atoms with Crippen LogP contribution in [0.3, 0.4) is 0 Å². The predicted molar refractivity (Wildman–Crippen MR) is 130 cm³/mol. The first-order chi connectivity index (χ1) is 17.2. The average molecular weight is 523 g/mol. The van der Waals surface area contributed by atoms with Gasteiger partial charge in [0.2, 0.25) is 29.5 Å². The Morgan fingerprint density at radius 3 is 1.84 bits per heavy atom. The van der Waals surface area contributed by atoms with Crippen LogP contribution in [0.25, 0.3) is 0 Å². The summed E-state index contributed by atoms with van der Waals surface area (Å²) >= 11 is 0. The van der Waals surface area contributed by atoms with Gasteiger partial charge in [0.05, 0.1) is 18.9 Å². The number of aromatic hydroxyl groups is 1. The summed E-state index contributed by atoms with van der Waals surface area (Å²) in [5.74, 6) is -6.43. The molecule has 14 nitrogen and oxygen atoms in total. The van der Waals surface area contributed by atoms with Gasteiger partial charge in [-0.25, -0.2) is 4.79 Å². The SMILES string of the molecule is CCC(C)C(NC(=O)C(CC(N)=O)NC(=O)C(N)Cc1ccc(O)cc1)C(=O)NC(CC(N)=O)C(=O)O. The van der Waals surface area contributed by atoms with Crippen LogP contribution < -0.4 is 33.2 Å². The Bertz CT molecular complexity index is 999. The Labute approximate surface area is 213 Å². The molecular formula is C23H34N6O8. The Morgan fingerprint density at radius 2 is 1.35 bits per heavy atom. The molecule has 0 saturated heterocycles. The number of aliphatic carboxylic acids is 1. The number of rotatable bonds is 15. The molecule has 0 spiro atoms. The maximum absolute atomic E-state index is 13.0. The second kappa shape index (κ2) is 14.4. The number of carbonyl (C=O) groups excluding carboxylic acids is 5. The third-order valence-corrected chi connectivity index (χ3v) is 5.58. The predicted octanol–water partition coefficient (Wildman–Crippen LogP) is -2.40. The van der Waals surface area contributed by atoms with Crippen LogP contribution in [0.5, 0.6) is 5.75 Å². The zero-order chi connectivity index (χ0) is 28.3. The minimum absolute atomic E-state index is 0.0316. The normalized spacial score (nSPS) is 14.8. The number of hydrogen-bond donors (Lipinski definition) is 8. The fourth-order valence-corrected chi connectivity index (χ4v) is 3.29. The maximum Gasteiger partial charge on any atom is 0.326 e. The molecule has 5 unspecified atom stereocenters.